The van der Waals surface area contributed by atoms with Crippen LogP contribution in [0.15, 0.2) is 0 Å². The van der Waals surface area contributed by atoms with Crippen LogP contribution in [0.4, 0.5) is 0 Å². The number of rotatable bonds is 8. The number of aliphatic carboxylic acids is 1. The SMILES string of the molecule is CS(=O)(=O)CCC(N)C(=O)NC(CC(=O)O)C1CC1. The first kappa shape index (κ1) is 15.9. The molecule has 2 atom stereocenters. The minimum Gasteiger partial charge on any atom is -0.481 e. The molecule has 1 rings (SSSR count). The number of hydrogen-bond donors (Lipinski definition) is 3. The molecule has 0 bridgehead atoms. The van der Waals surface area contributed by atoms with Crippen molar-refractivity contribution < 1.29 is 23.1 Å². The summed E-state index contributed by atoms with van der Waals surface area (Å²) in [6, 6.07) is -1.33. The van der Waals surface area contributed by atoms with E-state index in [0.29, 0.717) is 0 Å². The summed E-state index contributed by atoms with van der Waals surface area (Å²) in [5.41, 5.74) is 5.60. The molecule has 19 heavy (non-hydrogen) atoms. The fourth-order valence-corrected chi connectivity index (χ4v) is 2.47. The molecule has 0 radical (unpaired) electrons. The number of carbonyl (C=O) groups is 2. The largest absolute Gasteiger partial charge is 0.481 e. The molecule has 1 saturated carbocycles. The number of nitrogens with two attached hydrogens (primary N) is 1. The molecule has 1 amide bonds. The molecule has 4 N–H and O–H groups in total. The molecule has 0 spiro atoms. The van der Waals surface area contributed by atoms with Crippen LogP contribution in [0.25, 0.3) is 0 Å². The van der Waals surface area contributed by atoms with Crippen molar-refractivity contribution >= 4 is 21.7 Å². The van der Waals surface area contributed by atoms with Crippen LogP contribution in [0.1, 0.15) is 25.7 Å². The van der Waals surface area contributed by atoms with Crippen LogP contribution in [0.3, 0.4) is 0 Å². The number of carboxylic acids is 1. The van der Waals surface area contributed by atoms with Gasteiger partial charge in [0.1, 0.15) is 9.84 Å². The van der Waals surface area contributed by atoms with Gasteiger partial charge < -0.3 is 16.2 Å². The first-order valence-electron chi connectivity index (χ1n) is 6.14. The van der Waals surface area contributed by atoms with Crippen molar-refractivity contribution in [1.29, 1.82) is 0 Å². The number of sulfone groups is 1. The van der Waals surface area contributed by atoms with Gasteiger partial charge in [0.25, 0.3) is 0 Å². The highest BCUT2D eigenvalue weighted by atomic mass is 32.2. The Balaban J connectivity index is 2.44. The summed E-state index contributed by atoms with van der Waals surface area (Å²) in [6.45, 7) is 0. The highest BCUT2D eigenvalue weighted by Gasteiger charge is 2.34. The molecule has 7 nitrogen and oxygen atoms in total. The molecule has 2 unspecified atom stereocenters. The molecule has 1 aliphatic carbocycles. The predicted molar refractivity (Wildman–Crippen MR) is 69.2 cm³/mol. The summed E-state index contributed by atoms with van der Waals surface area (Å²) in [4.78, 5) is 22.4. The van der Waals surface area contributed by atoms with Crippen molar-refractivity contribution in [2.75, 3.05) is 12.0 Å². The summed E-state index contributed by atoms with van der Waals surface area (Å²) in [5.74, 6) is -1.42. The lowest BCUT2D eigenvalue weighted by Gasteiger charge is -2.19. The van der Waals surface area contributed by atoms with E-state index in [2.05, 4.69) is 5.32 Å². The molecule has 8 heteroatoms. The third kappa shape index (κ3) is 6.53. The molecular formula is C11H20N2O5S. The van der Waals surface area contributed by atoms with Gasteiger partial charge in [0.15, 0.2) is 0 Å². The van der Waals surface area contributed by atoms with Gasteiger partial charge in [-0.15, -0.1) is 0 Å². The van der Waals surface area contributed by atoms with Gasteiger partial charge in [-0.3, -0.25) is 9.59 Å². The number of amides is 1. The first-order valence-corrected chi connectivity index (χ1v) is 8.20. The molecule has 0 aliphatic heterocycles. The predicted octanol–water partition coefficient (Wildman–Crippen LogP) is -0.882. The molecule has 0 aromatic heterocycles. The molecule has 1 aliphatic rings. The van der Waals surface area contributed by atoms with Crippen molar-refractivity contribution in [3.63, 3.8) is 0 Å². The fraction of sp³-hybridized carbons (Fsp3) is 0.818. The van der Waals surface area contributed by atoms with Gasteiger partial charge in [-0.25, -0.2) is 8.42 Å². The van der Waals surface area contributed by atoms with Crippen molar-refractivity contribution in [3.8, 4) is 0 Å². The van der Waals surface area contributed by atoms with Gasteiger partial charge >= 0.3 is 5.97 Å². The van der Waals surface area contributed by atoms with Crippen LogP contribution >= 0.6 is 0 Å². The van der Waals surface area contributed by atoms with Crippen molar-refractivity contribution in [3.05, 3.63) is 0 Å². The second-order valence-corrected chi connectivity index (χ2v) is 7.34. The van der Waals surface area contributed by atoms with Crippen LogP contribution < -0.4 is 11.1 Å². The van der Waals surface area contributed by atoms with E-state index in [1.807, 2.05) is 0 Å². The zero-order chi connectivity index (χ0) is 14.6. The van der Waals surface area contributed by atoms with E-state index in [-0.39, 0.29) is 24.5 Å². The van der Waals surface area contributed by atoms with E-state index in [9.17, 15) is 18.0 Å². The Morgan fingerprint density at radius 2 is 2.00 bits per heavy atom. The Morgan fingerprint density at radius 3 is 2.42 bits per heavy atom. The lowest BCUT2D eigenvalue weighted by atomic mass is 10.1. The zero-order valence-corrected chi connectivity index (χ0v) is 11.6. The van der Waals surface area contributed by atoms with Gasteiger partial charge in [0.2, 0.25) is 5.91 Å². The monoisotopic (exact) mass is 292 g/mol. The molecular weight excluding hydrogens is 272 g/mol. The van der Waals surface area contributed by atoms with Crippen molar-refractivity contribution in [1.82, 2.24) is 5.32 Å². The molecule has 0 heterocycles. The quantitative estimate of drug-likeness (QED) is 0.533. The smallest absolute Gasteiger partial charge is 0.305 e. The van der Waals surface area contributed by atoms with Crippen LogP contribution in [0.2, 0.25) is 0 Å². The average Bonchev–Trinajstić information content (AvgIpc) is 3.06. The van der Waals surface area contributed by atoms with Crippen LogP contribution in [0, 0.1) is 5.92 Å². The van der Waals surface area contributed by atoms with Gasteiger partial charge in [0.05, 0.1) is 18.2 Å². The van der Waals surface area contributed by atoms with Crippen molar-refractivity contribution in [2.45, 2.75) is 37.8 Å². The summed E-state index contributed by atoms with van der Waals surface area (Å²) in [5, 5.41) is 11.4. The Labute approximate surface area is 112 Å². The Hall–Kier alpha value is -1.15. The summed E-state index contributed by atoms with van der Waals surface area (Å²) < 4.78 is 22.0. The standard InChI is InChI=1S/C11H20N2O5S/c1-19(17,18)5-4-8(12)11(16)13-9(6-10(14)15)7-2-3-7/h7-9H,2-6,12H2,1H3,(H,13,16)(H,14,15). The molecule has 0 saturated heterocycles. The van der Waals surface area contributed by atoms with E-state index in [1.54, 1.807) is 0 Å². The average molecular weight is 292 g/mol. The Kier molecular flexibility index (Phi) is 5.30. The normalized spacial score (nSPS) is 18.6. The molecule has 1 fully saturated rings. The van der Waals surface area contributed by atoms with Gasteiger partial charge in [-0.2, -0.15) is 0 Å². The van der Waals surface area contributed by atoms with Crippen molar-refractivity contribution in [2.24, 2.45) is 11.7 Å². The number of hydrogen-bond acceptors (Lipinski definition) is 5. The lowest BCUT2D eigenvalue weighted by molar-refractivity contribution is -0.138. The number of carbonyl (C=O) groups excluding carboxylic acids is 1. The van der Waals surface area contributed by atoms with Crippen LogP contribution in [0.5, 0.6) is 0 Å². The molecule has 110 valence electrons. The number of carboxylic acid groups (broad SMARTS) is 1. The minimum atomic E-state index is -3.16. The summed E-state index contributed by atoms with van der Waals surface area (Å²) >= 11 is 0. The topological polar surface area (TPSA) is 127 Å². The lowest BCUT2D eigenvalue weighted by Crippen LogP contribution is -2.47. The highest BCUT2D eigenvalue weighted by Crippen LogP contribution is 2.34. The van der Waals surface area contributed by atoms with Gasteiger partial charge in [-0.1, -0.05) is 0 Å². The van der Waals surface area contributed by atoms with E-state index >= 15 is 0 Å². The van der Waals surface area contributed by atoms with E-state index in [4.69, 9.17) is 10.8 Å². The minimum absolute atomic E-state index is 0.0368. The summed E-state index contributed by atoms with van der Waals surface area (Å²) in [6.07, 6.45) is 2.78. The fourth-order valence-electron chi connectivity index (χ4n) is 1.78. The van der Waals surface area contributed by atoms with Gasteiger partial charge in [0, 0.05) is 12.3 Å². The Bertz CT molecular complexity index is 444. The highest BCUT2D eigenvalue weighted by molar-refractivity contribution is 7.90. The third-order valence-electron chi connectivity index (χ3n) is 3.05. The maximum Gasteiger partial charge on any atom is 0.305 e. The van der Waals surface area contributed by atoms with Crippen LogP contribution in [-0.4, -0.2) is 49.5 Å². The second kappa shape index (κ2) is 6.33. The molecule has 0 aromatic carbocycles. The third-order valence-corrected chi connectivity index (χ3v) is 4.03. The number of nitrogens with one attached hydrogen (secondary N) is 1. The van der Waals surface area contributed by atoms with E-state index in [1.165, 1.54) is 0 Å². The van der Waals surface area contributed by atoms with Gasteiger partial charge in [-0.05, 0) is 25.2 Å². The van der Waals surface area contributed by atoms with E-state index in [0.717, 1.165) is 19.1 Å². The summed E-state index contributed by atoms with van der Waals surface area (Å²) in [7, 11) is -3.16. The molecule has 0 aromatic rings. The maximum absolute atomic E-state index is 11.8. The van der Waals surface area contributed by atoms with Crippen LogP contribution in [-0.2, 0) is 19.4 Å². The maximum atomic E-state index is 11.8. The second-order valence-electron chi connectivity index (χ2n) is 5.08. The zero-order valence-electron chi connectivity index (χ0n) is 10.8. The Morgan fingerprint density at radius 1 is 1.42 bits per heavy atom. The first-order chi connectivity index (χ1) is 8.69. The van der Waals surface area contributed by atoms with E-state index < -0.39 is 33.8 Å².